The summed E-state index contributed by atoms with van der Waals surface area (Å²) in [4.78, 5) is 3.29. The molecule has 0 aliphatic carbocycles. The summed E-state index contributed by atoms with van der Waals surface area (Å²) in [7, 11) is 2.25. The van der Waals surface area contributed by atoms with Gasteiger partial charge in [0.2, 0.25) is 0 Å². The normalized spacial score (nSPS) is 21.1. The molecular weight excluding hydrogens is 306 g/mol. The van der Waals surface area contributed by atoms with Crippen LogP contribution in [-0.2, 0) is 16.6 Å². The number of nitrogens with one attached hydrogen (secondary N) is 1. The van der Waals surface area contributed by atoms with Crippen LogP contribution in [0.3, 0.4) is 0 Å². The second-order valence-corrected chi connectivity index (χ2v) is 9.14. The fraction of sp³-hybridized carbons (Fsp3) is 0.714. The Labute approximate surface area is 132 Å². The number of aryl methyl sites for hydroxylation is 1. The van der Waals surface area contributed by atoms with Gasteiger partial charge in [-0.05, 0) is 52.0 Å². The Morgan fingerprint density at radius 2 is 2.24 bits per heavy atom. The summed E-state index contributed by atoms with van der Waals surface area (Å²) in [5.74, 6) is 0. The van der Waals surface area contributed by atoms with Crippen LogP contribution >= 0.6 is 11.3 Å². The SMILES string of the molecule is CNCc1sc(S(=O)(=O)N(C)C2CCCN(C)C2)cc1C. The van der Waals surface area contributed by atoms with Crippen molar-refractivity contribution in [1.29, 1.82) is 0 Å². The Kier molecular flexibility index (Phi) is 5.43. The summed E-state index contributed by atoms with van der Waals surface area (Å²) in [6.07, 6.45) is 1.99. The van der Waals surface area contributed by atoms with E-state index >= 15 is 0 Å². The van der Waals surface area contributed by atoms with Crippen molar-refractivity contribution in [3.8, 4) is 0 Å². The topological polar surface area (TPSA) is 52.7 Å². The van der Waals surface area contributed by atoms with E-state index in [1.54, 1.807) is 17.4 Å². The van der Waals surface area contributed by atoms with Crippen LogP contribution < -0.4 is 5.32 Å². The van der Waals surface area contributed by atoms with Crippen molar-refractivity contribution in [2.75, 3.05) is 34.2 Å². The third-order valence-electron chi connectivity index (χ3n) is 4.08. The number of likely N-dealkylation sites (tertiary alicyclic amines) is 1. The predicted octanol–water partition coefficient (Wildman–Crippen LogP) is 1.49. The van der Waals surface area contributed by atoms with Crippen LogP contribution in [0.4, 0.5) is 0 Å². The number of piperidine rings is 1. The second-order valence-electron chi connectivity index (χ2n) is 5.78. The number of thiophene rings is 1. The molecule has 21 heavy (non-hydrogen) atoms. The highest BCUT2D eigenvalue weighted by molar-refractivity contribution is 7.91. The Hall–Kier alpha value is -0.470. The van der Waals surface area contributed by atoms with E-state index in [0.717, 1.165) is 36.4 Å². The van der Waals surface area contributed by atoms with Gasteiger partial charge in [-0.3, -0.25) is 0 Å². The number of rotatable bonds is 5. The van der Waals surface area contributed by atoms with E-state index in [4.69, 9.17) is 0 Å². The molecule has 1 aliphatic heterocycles. The number of nitrogens with zero attached hydrogens (tertiary/aromatic N) is 2. The first-order chi connectivity index (χ1) is 9.86. The highest BCUT2D eigenvalue weighted by Gasteiger charge is 2.31. The zero-order valence-electron chi connectivity index (χ0n) is 13.2. The van der Waals surface area contributed by atoms with E-state index in [-0.39, 0.29) is 6.04 Å². The lowest BCUT2D eigenvalue weighted by atomic mass is 10.1. The van der Waals surface area contributed by atoms with Gasteiger partial charge in [-0.2, -0.15) is 4.31 Å². The molecular formula is C14H25N3O2S2. The van der Waals surface area contributed by atoms with Crippen molar-refractivity contribution < 1.29 is 8.42 Å². The first-order valence-corrected chi connectivity index (χ1v) is 9.52. The molecule has 0 amide bonds. The Morgan fingerprint density at radius 1 is 1.52 bits per heavy atom. The standard InChI is InChI=1S/C14H25N3O2S2/c1-11-8-14(20-13(11)9-15-2)21(18,19)17(4)12-6-5-7-16(3)10-12/h8,12,15H,5-7,9-10H2,1-4H3. The van der Waals surface area contributed by atoms with Crippen LogP contribution in [0, 0.1) is 6.92 Å². The van der Waals surface area contributed by atoms with E-state index < -0.39 is 10.0 Å². The van der Waals surface area contributed by atoms with Gasteiger partial charge in [-0.1, -0.05) is 0 Å². The van der Waals surface area contributed by atoms with Crippen molar-refractivity contribution in [1.82, 2.24) is 14.5 Å². The maximum atomic E-state index is 12.8. The third kappa shape index (κ3) is 3.65. The van der Waals surface area contributed by atoms with Crippen LogP contribution in [0.5, 0.6) is 0 Å². The Bertz CT molecular complexity index is 583. The average Bonchev–Trinajstić information content (AvgIpc) is 2.80. The van der Waals surface area contributed by atoms with Crippen molar-refractivity contribution >= 4 is 21.4 Å². The van der Waals surface area contributed by atoms with Gasteiger partial charge in [0, 0.05) is 31.1 Å². The highest BCUT2D eigenvalue weighted by atomic mass is 32.2. The molecule has 0 saturated carbocycles. The smallest absolute Gasteiger partial charge is 0.252 e. The van der Waals surface area contributed by atoms with E-state index in [9.17, 15) is 8.42 Å². The van der Waals surface area contributed by atoms with E-state index in [1.807, 2.05) is 21.0 Å². The minimum Gasteiger partial charge on any atom is -0.315 e. The number of hydrogen-bond acceptors (Lipinski definition) is 5. The van der Waals surface area contributed by atoms with Crippen molar-refractivity contribution in [2.45, 2.75) is 36.6 Å². The van der Waals surface area contributed by atoms with E-state index in [0.29, 0.717) is 10.8 Å². The number of likely N-dealkylation sites (N-methyl/N-ethyl adjacent to an activating group) is 2. The summed E-state index contributed by atoms with van der Waals surface area (Å²) in [5.41, 5.74) is 1.04. The van der Waals surface area contributed by atoms with Crippen LogP contribution in [0.15, 0.2) is 10.3 Å². The predicted molar refractivity (Wildman–Crippen MR) is 87.3 cm³/mol. The summed E-state index contributed by atoms with van der Waals surface area (Å²) in [6.45, 7) is 4.54. The molecule has 1 atom stereocenters. The molecule has 1 saturated heterocycles. The lowest BCUT2D eigenvalue weighted by molar-refractivity contribution is 0.188. The molecule has 7 heteroatoms. The van der Waals surface area contributed by atoms with Gasteiger partial charge in [0.05, 0.1) is 0 Å². The van der Waals surface area contributed by atoms with Gasteiger partial charge in [0.25, 0.3) is 10.0 Å². The third-order valence-corrected chi connectivity index (χ3v) is 7.68. The summed E-state index contributed by atoms with van der Waals surface area (Å²) >= 11 is 1.38. The monoisotopic (exact) mass is 331 g/mol. The van der Waals surface area contributed by atoms with Crippen molar-refractivity contribution in [3.05, 3.63) is 16.5 Å². The van der Waals surface area contributed by atoms with Gasteiger partial charge in [-0.25, -0.2) is 8.42 Å². The Balaban J connectivity index is 2.22. The average molecular weight is 332 g/mol. The van der Waals surface area contributed by atoms with Gasteiger partial charge >= 0.3 is 0 Å². The van der Waals surface area contributed by atoms with Crippen molar-refractivity contribution in [3.63, 3.8) is 0 Å². The van der Waals surface area contributed by atoms with Crippen LogP contribution in [0.25, 0.3) is 0 Å². The molecule has 1 fully saturated rings. The minimum atomic E-state index is -3.38. The van der Waals surface area contributed by atoms with E-state index in [2.05, 4.69) is 10.2 Å². The molecule has 1 aromatic rings. The highest BCUT2D eigenvalue weighted by Crippen LogP contribution is 2.30. The van der Waals surface area contributed by atoms with Crippen LogP contribution in [0.2, 0.25) is 0 Å². The molecule has 0 bridgehead atoms. The fourth-order valence-corrected chi connectivity index (χ4v) is 5.89. The maximum absolute atomic E-state index is 12.8. The molecule has 5 nitrogen and oxygen atoms in total. The molecule has 1 aromatic heterocycles. The van der Waals surface area contributed by atoms with Crippen LogP contribution in [0.1, 0.15) is 23.3 Å². The quantitative estimate of drug-likeness (QED) is 0.888. The minimum absolute atomic E-state index is 0.0731. The number of hydrogen-bond donors (Lipinski definition) is 1. The van der Waals surface area contributed by atoms with E-state index in [1.165, 1.54) is 11.3 Å². The zero-order valence-corrected chi connectivity index (χ0v) is 14.9. The number of sulfonamides is 1. The zero-order chi connectivity index (χ0) is 15.6. The molecule has 0 aromatic carbocycles. The first kappa shape index (κ1) is 16.9. The molecule has 2 heterocycles. The lowest BCUT2D eigenvalue weighted by Gasteiger charge is -2.34. The fourth-order valence-electron chi connectivity index (χ4n) is 2.73. The molecule has 0 spiro atoms. The van der Waals surface area contributed by atoms with Gasteiger partial charge < -0.3 is 10.2 Å². The summed E-state index contributed by atoms with van der Waals surface area (Å²) < 4.78 is 27.6. The maximum Gasteiger partial charge on any atom is 0.252 e. The van der Waals surface area contributed by atoms with Gasteiger partial charge in [0.1, 0.15) is 4.21 Å². The lowest BCUT2D eigenvalue weighted by Crippen LogP contribution is -2.47. The first-order valence-electron chi connectivity index (χ1n) is 7.26. The molecule has 1 unspecified atom stereocenters. The van der Waals surface area contributed by atoms with Gasteiger partial charge in [-0.15, -0.1) is 11.3 Å². The molecule has 1 N–H and O–H groups in total. The van der Waals surface area contributed by atoms with Gasteiger partial charge in [0.15, 0.2) is 0 Å². The summed E-state index contributed by atoms with van der Waals surface area (Å²) in [6, 6.07) is 1.87. The largest absolute Gasteiger partial charge is 0.315 e. The summed E-state index contributed by atoms with van der Waals surface area (Å²) in [5, 5.41) is 3.08. The Morgan fingerprint density at radius 3 is 2.86 bits per heavy atom. The molecule has 2 rings (SSSR count). The molecule has 0 radical (unpaired) electrons. The molecule has 120 valence electrons. The van der Waals surface area contributed by atoms with Crippen molar-refractivity contribution in [2.24, 2.45) is 0 Å². The second kappa shape index (κ2) is 6.75. The molecule has 1 aliphatic rings. The van der Waals surface area contributed by atoms with Crippen LogP contribution in [-0.4, -0.2) is 57.9 Å².